The molecule has 0 saturated heterocycles. The van der Waals surface area contributed by atoms with Gasteiger partial charge in [0.2, 0.25) is 5.91 Å². The third kappa shape index (κ3) is 3.13. The van der Waals surface area contributed by atoms with Gasteiger partial charge >= 0.3 is 0 Å². The van der Waals surface area contributed by atoms with E-state index in [9.17, 15) is 9.59 Å². The number of thioether (sulfide) groups is 1. The quantitative estimate of drug-likeness (QED) is 0.752. The Balaban J connectivity index is 1.48. The standard InChI is InChI=1S/C19H16N2O3S/c1-11-18(22)21-15-9-13(6-7-17(15)25-11)19(23)20-10-14-8-12-4-2-3-5-16(12)24-14/h2-9,11H,10H2,1H3,(H,20,23)(H,21,22). The monoisotopic (exact) mass is 352 g/mol. The van der Waals surface area contributed by atoms with Crippen molar-refractivity contribution in [3.8, 4) is 0 Å². The summed E-state index contributed by atoms with van der Waals surface area (Å²) in [5.41, 5.74) is 1.99. The Morgan fingerprint density at radius 3 is 2.92 bits per heavy atom. The van der Waals surface area contributed by atoms with E-state index in [2.05, 4.69) is 10.6 Å². The van der Waals surface area contributed by atoms with Gasteiger partial charge in [0, 0.05) is 15.8 Å². The number of hydrogen-bond acceptors (Lipinski definition) is 4. The van der Waals surface area contributed by atoms with E-state index >= 15 is 0 Å². The number of benzene rings is 2. The fourth-order valence-corrected chi connectivity index (χ4v) is 3.67. The highest BCUT2D eigenvalue weighted by molar-refractivity contribution is 8.00. The minimum absolute atomic E-state index is 0.0441. The van der Waals surface area contributed by atoms with Crippen molar-refractivity contribution in [3.05, 3.63) is 59.9 Å². The number of rotatable bonds is 3. The maximum atomic E-state index is 12.4. The fourth-order valence-electron chi connectivity index (χ4n) is 2.74. The van der Waals surface area contributed by atoms with Gasteiger partial charge in [-0.1, -0.05) is 18.2 Å². The fraction of sp³-hybridized carbons (Fsp3) is 0.158. The SMILES string of the molecule is CC1Sc2ccc(C(=O)NCc3cc4ccccc4o3)cc2NC1=O. The van der Waals surface area contributed by atoms with Gasteiger partial charge in [-0.05, 0) is 37.3 Å². The molecule has 1 atom stereocenters. The molecule has 1 unspecified atom stereocenters. The molecule has 4 rings (SSSR count). The van der Waals surface area contributed by atoms with Crippen LogP contribution in [0, 0.1) is 0 Å². The van der Waals surface area contributed by atoms with Crippen LogP contribution in [0.5, 0.6) is 0 Å². The van der Waals surface area contributed by atoms with Crippen LogP contribution < -0.4 is 10.6 Å². The van der Waals surface area contributed by atoms with E-state index in [4.69, 9.17) is 4.42 Å². The van der Waals surface area contributed by atoms with Crippen molar-refractivity contribution in [1.29, 1.82) is 0 Å². The Morgan fingerprint density at radius 1 is 1.24 bits per heavy atom. The van der Waals surface area contributed by atoms with E-state index in [1.807, 2.05) is 43.3 Å². The van der Waals surface area contributed by atoms with Gasteiger partial charge in [-0.3, -0.25) is 9.59 Å². The van der Waals surface area contributed by atoms with Crippen molar-refractivity contribution in [2.45, 2.75) is 23.6 Å². The van der Waals surface area contributed by atoms with E-state index < -0.39 is 0 Å². The lowest BCUT2D eigenvalue weighted by Gasteiger charge is -2.21. The second-order valence-corrected chi connectivity index (χ2v) is 7.28. The Bertz CT molecular complexity index is 947. The maximum Gasteiger partial charge on any atom is 0.251 e. The normalized spacial score (nSPS) is 16.4. The summed E-state index contributed by atoms with van der Waals surface area (Å²) in [6.07, 6.45) is 0. The van der Waals surface area contributed by atoms with Crippen LogP contribution in [0.1, 0.15) is 23.0 Å². The highest BCUT2D eigenvalue weighted by Crippen LogP contribution is 2.35. The van der Waals surface area contributed by atoms with Crippen LogP contribution in [-0.2, 0) is 11.3 Å². The predicted molar refractivity (Wildman–Crippen MR) is 97.8 cm³/mol. The summed E-state index contributed by atoms with van der Waals surface area (Å²) >= 11 is 1.49. The minimum atomic E-state index is -0.207. The molecule has 0 aliphatic carbocycles. The van der Waals surface area contributed by atoms with Gasteiger partial charge < -0.3 is 15.1 Å². The van der Waals surface area contributed by atoms with Crippen LogP contribution in [-0.4, -0.2) is 17.1 Å². The van der Waals surface area contributed by atoms with Gasteiger partial charge in [0.1, 0.15) is 11.3 Å². The average Bonchev–Trinajstić information content (AvgIpc) is 3.03. The number of carbonyl (C=O) groups excluding carboxylic acids is 2. The molecule has 1 aliphatic rings. The molecule has 25 heavy (non-hydrogen) atoms. The molecule has 0 bridgehead atoms. The minimum Gasteiger partial charge on any atom is -0.459 e. The van der Waals surface area contributed by atoms with E-state index in [-0.39, 0.29) is 17.1 Å². The van der Waals surface area contributed by atoms with Crippen molar-refractivity contribution in [1.82, 2.24) is 5.32 Å². The first kappa shape index (κ1) is 15.8. The summed E-state index contributed by atoms with van der Waals surface area (Å²) in [7, 11) is 0. The smallest absolute Gasteiger partial charge is 0.251 e. The molecule has 2 amide bonds. The third-order valence-electron chi connectivity index (χ3n) is 4.07. The molecule has 1 aromatic heterocycles. The van der Waals surface area contributed by atoms with E-state index in [0.29, 0.717) is 23.6 Å². The lowest BCUT2D eigenvalue weighted by atomic mass is 10.1. The van der Waals surface area contributed by atoms with Crippen molar-refractivity contribution < 1.29 is 14.0 Å². The van der Waals surface area contributed by atoms with Gasteiger partial charge in [0.15, 0.2) is 0 Å². The molecule has 3 aromatic rings. The summed E-state index contributed by atoms with van der Waals surface area (Å²) < 4.78 is 5.70. The van der Waals surface area contributed by atoms with Crippen LogP contribution in [0.4, 0.5) is 5.69 Å². The molecule has 2 aromatic carbocycles. The molecule has 126 valence electrons. The number of amides is 2. The second-order valence-electron chi connectivity index (χ2n) is 5.89. The lowest BCUT2D eigenvalue weighted by molar-refractivity contribution is -0.115. The number of carbonyl (C=O) groups is 2. The average molecular weight is 352 g/mol. The number of nitrogens with one attached hydrogen (secondary N) is 2. The Hall–Kier alpha value is -2.73. The van der Waals surface area contributed by atoms with Gasteiger partial charge in [-0.2, -0.15) is 0 Å². The first-order valence-corrected chi connectivity index (χ1v) is 8.85. The van der Waals surface area contributed by atoms with Crippen LogP contribution in [0.25, 0.3) is 11.0 Å². The zero-order valence-electron chi connectivity index (χ0n) is 13.5. The summed E-state index contributed by atoms with van der Waals surface area (Å²) in [5.74, 6) is 0.448. The molecule has 1 aliphatic heterocycles. The summed E-state index contributed by atoms with van der Waals surface area (Å²) in [5, 5.41) is 6.57. The van der Waals surface area contributed by atoms with Crippen molar-refractivity contribution >= 4 is 40.2 Å². The van der Waals surface area contributed by atoms with Crippen molar-refractivity contribution in [2.24, 2.45) is 0 Å². The molecular formula is C19H16N2O3S. The van der Waals surface area contributed by atoms with Crippen LogP contribution in [0.2, 0.25) is 0 Å². The molecule has 2 heterocycles. The van der Waals surface area contributed by atoms with Crippen LogP contribution >= 0.6 is 11.8 Å². The van der Waals surface area contributed by atoms with Gasteiger partial charge in [-0.25, -0.2) is 0 Å². The number of anilines is 1. The molecule has 0 saturated carbocycles. The highest BCUT2D eigenvalue weighted by Gasteiger charge is 2.23. The molecule has 0 spiro atoms. The maximum absolute atomic E-state index is 12.4. The van der Waals surface area contributed by atoms with E-state index in [1.165, 1.54) is 11.8 Å². The molecule has 6 heteroatoms. The zero-order chi connectivity index (χ0) is 17.4. The predicted octanol–water partition coefficient (Wildman–Crippen LogP) is 3.80. The number of para-hydroxylation sites is 1. The molecule has 2 N–H and O–H groups in total. The lowest BCUT2D eigenvalue weighted by Crippen LogP contribution is -2.27. The summed E-state index contributed by atoms with van der Waals surface area (Å²) in [4.78, 5) is 25.2. The third-order valence-corrected chi connectivity index (χ3v) is 5.25. The molecular weight excluding hydrogens is 336 g/mol. The van der Waals surface area contributed by atoms with Gasteiger partial charge in [-0.15, -0.1) is 11.8 Å². The zero-order valence-corrected chi connectivity index (χ0v) is 14.4. The largest absolute Gasteiger partial charge is 0.459 e. The van der Waals surface area contributed by atoms with Crippen molar-refractivity contribution in [3.63, 3.8) is 0 Å². The van der Waals surface area contributed by atoms with Gasteiger partial charge in [0.05, 0.1) is 17.5 Å². The second kappa shape index (κ2) is 6.29. The van der Waals surface area contributed by atoms with E-state index in [1.54, 1.807) is 12.1 Å². The number of fused-ring (bicyclic) bond motifs is 2. The highest BCUT2D eigenvalue weighted by atomic mass is 32.2. The Kier molecular flexibility index (Phi) is 3.97. The van der Waals surface area contributed by atoms with Crippen LogP contribution in [0.3, 0.4) is 0 Å². The summed E-state index contributed by atoms with van der Waals surface area (Å²) in [6, 6.07) is 15.0. The molecule has 0 radical (unpaired) electrons. The Morgan fingerprint density at radius 2 is 2.08 bits per heavy atom. The molecule has 5 nitrogen and oxygen atoms in total. The van der Waals surface area contributed by atoms with Crippen LogP contribution in [0.15, 0.2) is 57.8 Å². The number of furan rings is 1. The summed E-state index contributed by atoms with van der Waals surface area (Å²) in [6.45, 7) is 2.17. The first-order chi connectivity index (χ1) is 12.1. The Labute approximate surface area is 148 Å². The topological polar surface area (TPSA) is 71.3 Å². The van der Waals surface area contributed by atoms with Crippen molar-refractivity contribution in [2.75, 3.05) is 5.32 Å². The van der Waals surface area contributed by atoms with Gasteiger partial charge in [0.25, 0.3) is 5.91 Å². The van der Waals surface area contributed by atoms with E-state index in [0.717, 1.165) is 15.9 Å². The number of hydrogen-bond donors (Lipinski definition) is 2. The first-order valence-electron chi connectivity index (χ1n) is 7.97. The molecule has 0 fully saturated rings.